The fourth-order valence-electron chi connectivity index (χ4n) is 3.18. The van der Waals surface area contributed by atoms with Crippen molar-refractivity contribution in [3.05, 3.63) is 63.2 Å². The Balaban J connectivity index is 1.77. The van der Waals surface area contributed by atoms with E-state index in [1.54, 1.807) is 31.4 Å². The van der Waals surface area contributed by atoms with E-state index in [1.807, 2.05) is 32.0 Å². The molecule has 1 N–H and O–H groups in total. The van der Waals surface area contributed by atoms with Crippen LogP contribution in [0.5, 0.6) is 5.75 Å². The maximum Gasteiger partial charge on any atom is 0.316 e. The van der Waals surface area contributed by atoms with Crippen LogP contribution in [0.25, 0.3) is 33.9 Å². The normalized spacial score (nSPS) is 11.3. The van der Waals surface area contributed by atoms with Gasteiger partial charge in [-0.15, -0.1) is 0 Å². The summed E-state index contributed by atoms with van der Waals surface area (Å²) in [5, 5.41) is 4.05. The third-order valence-corrected chi connectivity index (χ3v) is 4.52. The first-order chi connectivity index (χ1) is 14.0. The molecule has 4 rings (SSSR count). The van der Waals surface area contributed by atoms with E-state index >= 15 is 0 Å². The maximum atomic E-state index is 12.3. The summed E-state index contributed by atoms with van der Waals surface area (Å²) in [6, 6.07) is 12.7. The summed E-state index contributed by atoms with van der Waals surface area (Å²) in [6.45, 7) is 4.45. The van der Waals surface area contributed by atoms with Gasteiger partial charge in [-0.3, -0.25) is 9.59 Å². The highest BCUT2D eigenvalue weighted by Crippen LogP contribution is 2.26. The predicted octanol–water partition coefficient (Wildman–Crippen LogP) is 3.07. The number of fused-ring (bicyclic) bond motifs is 1. The standard InChI is InChI=1S/C21H20N4O4/c1-12(2)11-25-17-8-7-13(10-16(17)22-19(26)21(25)27)18-23-20(29-24-18)14-5-4-6-15(9-14)28-3/h4-10,12H,11H2,1-3H3,(H,22,26). The molecule has 0 radical (unpaired) electrons. The number of hydrogen-bond acceptors (Lipinski definition) is 6. The minimum Gasteiger partial charge on any atom is -0.497 e. The Morgan fingerprint density at radius 1 is 1.14 bits per heavy atom. The average molecular weight is 392 g/mol. The van der Waals surface area contributed by atoms with Crippen LogP contribution >= 0.6 is 0 Å². The van der Waals surface area contributed by atoms with E-state index in [2.05, 4.69) is 15.1 Å². The molecule has 2 aromatic carbocycles. The zero-order chi connectivity index (χ0) is 20.5. The van der Waals surface area contributed by atoms with Gasteiger partial charge in [0.25, 0.3) is 5.89 Å². The molecule has 0 aliphatic heterocycles. The second-order valence-corrected chi connectivity index (χ2v) is 7.15. The lowest BCUT2D eigenvalue weighted by atomic mass is 10.1. The number of hydrogen-bond donors (Lipinski definition) is 1. The monoisotopic (exact) mass is 392 g/mol. The summed E-state index contributed by atoms with van der Waals surface area (Å²) in [5.41, 5.74) is 1.40. The number of rotatable bonds is 5. The first-order valence-corrected chi connectivity index (χ1v) is 9.21. The largest absolute Gasteiger partial charge is 0.497 e. The Morgan fingerprint density at radius 2 is 1.97 bits per heavy atom. The molecule has 0 atom stereocenters. The van der Waals surface area contributed by atoms with Gasteiger partial charge in [0, 0.05) is 17.7 Å². The fraction of sp³-hybridized carbons (Fsp3) is 0.238. The Kier molecular flexibility index (Phi) is 4.75. The fourth-order valence-corrected chi connectivity index (χ4v) is 3.18. The molecule has 2 heterocycles. The molecule has 0 spiro atoms. The highest BCUT2D eigenvalue weighted by molar-refractivity contribution is 5.80. The Bertz CT molecular complexity index is 1300. The third kappa shape index (κ3) is 3.56. The number of ether oxygens (including phenoxy) is 1. The maximum absolute atomic E-state index is 12.3. The van der Waals surface area contributed by atoms with Gasteiger partial charge < -0.3 is 18.8 Å². The van der Waals surface area contributed by atoms with Crippen molar-refractivity contribution in [2.24, 2.45) is 5.92 Å². The summed E-state index contributed by atoms with van der Waals surface area (Å²) in [6.07, 6.45) is 0. The SMILES string of the molecule is COc1cccc(-c2nc(-c3ccc4c(c3)[nH]c(=O)c(=O)n4CC(C)C)no2)c1. The summed E-state index contributed by atoms with van der Waals surface area (Å²) < 4.78 is 12.1. The van der Waals surface area contributed by atoms with Crippen LogP contribution < -0.4 is 15.9 Å². The average Bonchev–Trinajstić information content (AvgIpc) is 3.21. The number of aromatic nitrogens is 4. The summed E-state index contributed by atoms with van der Waals surface area (Å²) in [7, 11) is 1.59. The summed E-state index contributed by atoms with van der Waals surface area (Å²) in [5.74, 6) is 1.65. The highest BCUT2D eigenvalue weighted by Gasteiger charge is 2.14. The van der Waals surface area contributed by atoms with E-state index in [-0.39, 0.29) is 5.92 Å². The zero-order valence-electron chi connectivity index (χ0n) is 16.3. The lowest BCUT2D eigenvalue weighted by Crippen LogP contribution is -2.37. The Morgan fingerprint density at radius 3 is 2.72 bits per heavy atom. The van der Waals surface area contributed by atoms with Crippen LogP contribution in [0.4, 0.5) is 0 Å². The highest BCUT2D eigenvalue weighted by atomic mass is 16.5. The number of H-pyrrole nitrogens is 1. The van der Waals surface area contributed by atoms with Crippen molar-refractivity contribution in [1.82, 2.24) is 19.7 Å². The molecule has 0 fully saturated rings. The van der Waals surface area contributed by atoms with Crippen molar-refractivity contribution in [1.29, 1.82) is 0 Å². The van der Waals surface area contributed by atoms with Crippen LogP contribution in [0.1, 0.15) is 13.8 Å². The molecular formula is C21H20N4O4. The van der Waals surface area contributed by atoms with Crippen molar-refractivity contribution in [3.8, 4) is 28.6 Å². The van der Waals surface area contributed by atoms with E-state index in [1.165, 1.54) is 4.57 Å². The van der Waals surface area contributed by atoms with Gasteiger partial charge in [0.2, 0.25) is 5.82 Å². The molecule has 8 nitrogen and oxygen atoms in total. The van der Waals surface area contributed by atoms with E-state index in [9.17, 15) is 9.59 Å². The van der Waals surface area contributed by atoms with Crippen molar-refractivity contribution in [2.45, 2.75) is 20.4 Å². The first kappa shape index (κ1) is 18.7. The number of aromatic amines is 1. The van der Waals surface area contributed by atoms with Crippen LogP contribution in [0.3, 0.4) is 0 Å². The second-order valence-electron chi connectivity index (χ2n) is 7.15. The Labute approximate surface area is 165 Å². The minimum absolute atomic E-state index is 0.222. The number of nitrogens with one attached hydrogen (secondary N) is 1. The van der Waals surface area contributed by atoms with Gasteiger partial charge in [0.15, 0.2) is 0 Å². The molecule has 8 heteroatoms. The first-order valence-electron chi connectivity index (χ1n) is 9.21. The van der Waals surface area contributed by atoms with Gasteiger partial charge in [-0.05, 0) is 42.3 Å². The summed E-state index contributed by atoms with van der Waals surface area (Å²) in [4.78, 5) is 31.4. The van der Waals surface area contributed by atoms with E-state index in [0.717, 1.165) is 5.56 Å². The molecule has 0 saturated carbocycles. The van der Waals surface area contributed by atoms with Crippen LogP contribution in [0.15, 0.2) is 56.6 Å². The molecule has 0 unspecified atom stereocenters. The van der Waals surface area contributed by atoms with Crippen LogP contribution in [-0.2, 0) is 6.54 Å². The zero-order valence-corrected chi connectivity index (χ0v) is 16.3. The van der Waals surface area contributed by atoms with Crippen LogP contribution in [0, 0.1) is 5.92 Å². The molecule has 2 aromatic heterocycles. The lowest BCUT2D eigenvalue weighted by molar-refractivity contribution is 0.413. The molecule has 0 amide bonds. The quantitative estimate of drug-likeness (QED) is 0.524. The van der Waals surface area contributed by atoms with E-state index in [0.29, 0.717) is 40.6 Å². The second kappa shape index (κ2) is 7.38. The van der Waals surface area contributed by atoms with E-state index < -0.39 is 11.1 Å². The van der Waals surface area contributed by atoms with Gasteiger partial charge >= 0.3 is 11.1 Å². The van der Waals surface area contributed by atoms with Crippen molar-refractivity contribution in [2.75, 3.05) is 7.11 Å². The van der Waals surface area contributed by atoms with Gasteiger partial charge in [0.1, 0.15) is 5.75 Å². The van der Waals surface area contributed by atoms with E-state index in [4.69, 9.17) is 9.26 Å². The van der Waals surface area contributed by atoms with Crippen molar-refractivity contribution >= 4 is 11.0 Å². The van der Waals surface area contributed by atoms with Crippen molar-refractivity contribution < 1.29 is 9.26 Å². The minimum atomic E-state index is -0.652. The number of methoxy groups -OCH3 is 1. The molecule has 148 valence electrons. The lowest BCUT2D eigenvalue weighted by Gasteiger charge is -2.12. The summed E-state index contributed by atoms with van der Waals surface area (Å²) >= 11 is 0. The predicted molar refractivity (Wildman–Crippen MR) is 109 cm³/mol. The molecule has 0 bridgehead atoms. The molecule has 0 saturated heterocycles. The molecular weight excluding hydrogens is 372 g/mol. The van der Waals surface area contributed by atoms with Crippen LogP contribution in [0.2, 0.25) is 0 Å². The smallest absolute Gasteiger partial charge is 0.316 e. The van der Waals surface area contributed by atoms with Crippen molar-refractivity contribution in [3.63, 3.8) is 0 Å². The third-order valence-electron chi connectivity index (χ3n) is 4.52. The molecule has 0 aliphatic carbocycles. The van der Waals surface area contributed by atoms with Crippen LogP contribution in [-0.4, -0.2) is 26.8 Å². The van der Waals surface area contributed by atoms with Gasteiger partial charge in [0.05, 0.1) is 18.1 Å². The number of nitrogens with zero attached hydrogens (tertiary/aromatic N) is 3. The molecule has 29 heavy (non-hydrogen) atoms. The topological polar surface area (TPSA) is 103 Å². The van der Waals surface area contributed by atoms with Gasteiger partial charge in [-0.25, -0.2) is 0 Å². The van der Waals surface area contributed by atoms with Gasteiger partial charge in [-0.1, -0.05) is 25.1 Å². The number of benzene rings is 2. The Hall–Kier alpha value is -3.68. The molecule has 0 aliphatic rings. The van der Waals surface area contributed by atoms with Gasteiger partial charge in [-0.2, -0.15) is 4.98 Å². The molecule has 4 aromatic rings.